The summed E-state index contributed by atoms with van der Waals surface area (Å²) in [7, 11) is 0. The van der Waals surface area contributed by atoms with Crippen LogP contribution >= 0.6 is 0 Å². The van der Waals surface area contributed by atoms with Gasteiger partial charge in [0, 0.05) is 18.7 Å². The van der Waals surface area contributed by atoms with Gasteiger partial charge in [-0.15, -0.1) is 0 Å². The summed E-state index contributed by atoms with van der Waals surface area (Å²) in [6, 6.07) is 7.98. The number of hydrogen-bond acceptors (Lipinski definition) is 3. The third kappa shape index (κ3) is 4.15. The number of carbonyl (C=O) groups is 1. The molecule has 1 unspecified atom stereocenters. The molecule has 0 bridgehead atoms. The average molecular weight is 275 g/mol. The molecule has 20 heavy (non-hydrogen) atoms. The highest BCUT2D eigenvalue weighted by molar-refractivity contribution is 5.97. The second-order valence-corrected chi connectivity index (χ2v) is 5.44. The predicted molar refractivity (Wildman–Crippen MR) is 81.2 cm³/mol. The van der Waals surface area contributed by atoms with Gasteiger partial charge in [0.1, 0.15) is 0 Å². The average Bonchev–Trinajstić information content (AvgIpc) is 2.99. The first-order chi connectivity index (χ1) is 9.72. The molecule has 110 valence electrons. The monoisotopic (exact) mass is 275 g/mol. The van der Waals surface area contributed by atoms with Crippen molar-refractivity contribution in [2.24, 2.45) is 0 Å². The van der Waals surface area contributed by atoms with Gasteiger partial charge in [-0.25, -0.2) is 0 Å². The van der Waals surface area contributed by atoms with E-state index in [2.05, 4.69) is 18.7 Å². The van der Waals surface area contributed by atoms with Gasteiger partial charge in [-0.3, -0.25) is 9.69 Å². The van der Waals surface area contributed by atoms with Crippen molar-refractivity contribution >= 4 is 5.78 Å². The number of ketones is 1. The Labute approximate surface area is 121 Å². The zero-order valence-electron chi connectivity index (χ0n) is 12.6. The van der Waals surface area contributed by atoms with Crippen molar-refractivity contribution in [2.75, 3.05) is 26.2 Å². The summed E-state index contributed by atoms with van der Waals surface area (Å²) in [6.45, 7) is 7.34. The highest BCUT2D eigenvalue weighted by Crippen LogP contribution is 2.14. The number of nitrogens with zero attached hydrogens (tertiary/aromatic N) is 1. The van der Waals surface area contributed by atoms with Crippen LogP contribution in [0.3, 0.4) is 0 Å². The fraction of sp³-hybridized carbons (Fsp3) is 0.588. The van der Waals surface area contributed by atoms with E-state index in [4.69, 9.17) is 4.74 Å². The summed E-state index contributed by atoms with van der Waals surface area (Å²) in [5.41, 5.74) is 2.08. The second kappa shape index (κ2) is 7.55. The lowest BCUT2D eigenvalue weighted by molar-refractivity contribution is 0.0686. The van der Waals surface area contributed by atoms with Gasteiger partial charge in [0.05, 0.1) is 12.6 Å². The van der Waals surface area contributed by atoms with Crippen LogP contribution in [0.1, 0.15) is 42.6 Å². The van der Waals surface area contributed by atoms with Crippen LogP contribution in [0.25, 0.3) is 0 Å². The molecule has 2 rings (SSSR count). The fourth-order valence-electron chi connectivity index (χ4n) is 2.60. The number of benzene rings is 1. The van der Waals surface area contributed by atoms with E-state index >= 15 is 0 Å². The molecule has 0 saturated carbocycles. The Kier molecular flexibility index (Phi) is 5.74. The van der Waals surface area contributed by atoms with E-state index in [-0.39, 0.29) is 5.78 Å². The molecule has 1 aliphatic heterocycles. The third-order valence-electron chi connectivity index (χ3n) is 3.98. The number of aryl methyl sites for hydroxylation is 1. The molecule has 0 aliphatic carbocycles. The first-order valence-corrected chi connectivity index (χ1v) is 7.69. The summed E-state index contributed by atoms with van der Waals surface area (Å²) in [6.07, 6.45) is 3.59. The number of carbonyl (C=O) groups excluding carboxylic acids is 1. The Bertz CT molecular complexity index is 421. The van der Waals surface area contributed by atoms with Crippen molar-refractivity contribution in [2.45, 2.75) is 39.2 Å². The number of hydrogen-bond donors (Lipinski definition) is 0. The van der Waals surface area contributed by atoms with E-state index < -0.39 is 0 Å². The molecule has 0 spiro atoms. The maximum Gasteiger partial charge on any atom is 0.176 e. The molecule has 0 N–H and O–H groups in total. The molecular formula is C17H25NO2. The van der Waals surface area contributed by atoms with E-state index in [9.17, 15) is 4.79 Å². The number of likely N-dealkylation sites (N-methyl/N-ethyl adjacent to an activating group) is 1. The lowest BCUT2D eigenvalue weighted by Crippen LogP contribution is -2.36. The minimum Gasteiger partial charge on any atom is -0.377 e. The van der Waals surface area contributed by atoms with Crippen LogP contribution < -0.4 is 0 Å². The number of Topliss-reactive ketones (excluding diaryl/α,β-unsaturated/α-hetero) is 1. The van der Waals surface area contributed by atoms with Gasteiger partial charge in [0.15, 0.2) is 5.78 Å². The standard InChI is InChI=1S/C17H25NO2/c1-3-14-7-9-15(10-8-14)17(19)13-18(4-2)12-16-6-5-11-20-16/h7-10,16H,3-6,11-13H2,1-2H3. The van der Waals surface area contributed by atoms with Gasteiger partial charge in [-0.1, -0.05) is 38.1 Å². The van der Waals surface area contributed by atoms with Crippen molar-refractivity contribution in [3.05, 3.63) is 35.4 Å². The van der Waals surface area contributed by atoms with E-state index in [0.29, 0.717) is 12.6 Å². The summed E-state index contributed by atoms with van der Waals surface area (Å²) >= 11 is 0. The van der Waals surface area contributed by atoms with Gasteiger partial charge in [-0.05, 0) is 31.4 Å². The van der Waals surface area contributed by atoms with Crippen molar-refractivity contribution in [1.82, 2.24) is 4.90 Å². The highest BCUT2D eigenvalue weighted by Gasteiger charge is 2.20. The molecule has 3 heteroatoms. The molecule has 1 aliphatic rings. The van der Waals surface area contributed by atoms with E-state index in [1.165, 1.54) is 5.56 Å². The van der Waals surface area contributed by atoms with Crippen LogP contribution in [0.15, 0.2) is 24.3 Å². The normalized spacial score (nSPS) is 18.6. The molecule has 0 amide bonds. The van der Waals surface area contributed by atoms with Crippen LogP contribution in [0.4, 0.5) is 0 Å². The quantitative estimate of drug-likeness (QED) is 0.717. The molecular weight excluding hydrogens is 250 g/mol. The van der Waals surface area contributed by atoms with E-state index in [0.717, 1.165) is 44.5 Å². The van der Waals surface area contributed by atoms with Crippen LogP contribution in [0.5, 0.6) is 0 Å². The molecule has 0 radical (unpaired) electrons. The Morgan fingerprint density at radius 3 is 2.60 bits per heavy atom. The predicted octanol–water partition coefficient (Wildman–Crippen LogP) is 2.93. The fourth-order valence-corrected chi connectivity index (χ4v) is 2.60. The molecule has 1 saturated heterocycles. The van der Waals surface area contributed by atoms with Crippen LogP contribution in [0.2, 0.25) is 0 Å². The molecule has 3 nitrogen and oxygen atoms in total. The maximum absolute atomic E-state index is 12.3. The van der Waals surface area contributed by atoms with Crippen LogP contribution in [-0.4, -0.2) is 43.0 Å². The largest absolute Gasteiger partial charge is 0.377 e. The number of ether oxygens (including phenoxy) is 1. The third-order valence-corrected chi connectivity index (χ3v) is 3.98. The van der Waals surface area contributed by atoms with E-state index in [1.807, 2.05) is 24.3 Å². The zero-order valence-corrected chi connectivity index (χ0v) is 12.6. The summed E-state index contributed by atoms with van der Waals surface area (Å²) in [5, 5.41) is 0. The minimum absolute atomic E-state index is 0.201. The molecule has 1 atom stereocenters. The lowest BCUT2D eigenvalue weighted by Gasteiger charge is -2.22. The van der Waals surface area contributed by atoms with Crippen molar-refractivity contribution in [3.63, 3.8) is 0 Å². The first-order valence-electron chi connectivity index (χ1n) is 7.69. The summed E-state index contributed by atoms with van der Waals surface area (Å²) in [5.74, 6) is 0.201. The smallest absolute Gasteiger partial charge is 0.176 e. The summed E-state index contributed by atoms with van der Waals surface area (Å²) in [4.78, 5) is 14.5. The highest BCUT2D eigenvalue weighted by atomic mass is 16.5. The van der Waals surface area contributed by atoms with Gasteiger partial charge in [-0.2, -0.15) is 0 Å². The Morgan fingerprint density at radius 2 is 2.05 bits per heavy atom. The van der Waals surface area contributed by atoms with Gasteiger partial charge < -0.3 is 4.74 Å². The van der Waals surface area contributed by atoms with Crippen LogP contribution in [-0.2, 0) is 11.2 Å². The van der Waals surface area contributed by atoms with Crippen molar-refractivity contribution in [3.8, 4) is 0 Å². The Balaban J connectivity index is 1.90. The molecule has 1 aromatic carbocycles. The van der Waals surface area contributed by atoms with Crippen molar-refractivity contribution in [1.29, 1.82) is 0 Å². The molecule has 1 heterocycles. The molecule has 0 aromatic heterocycles. The topological polar surface area (TPSA) is 29.5 Å². The lowest BCUT2D eigenvalue weighted by atomic mass is 10.1. The van der Waals surface area contributed by atoms with Gasteiger partial charge >= 0.3 is 0 Å². The molecule has 1 aromatic rings. The SMILES string of the molecule is CCc1ccc(C(=O)CN(CC)CC2CCCO2)cc1. The Morgan fingerprint density at radius 1 is 1.30 bits per heavy atom. The number of rotatable bonds is 7. The minimum atomic E-state index is 0.201. The van der Waals surface area contributed by atoms with Gasteiger partial charge in [0.25, 0.3) is 0 Å². The molecule has 1 fully saturated rings. The van der Waals surface area contributed by atoms with Crippen molar-refractivity contribution < 1.29 is 9.53 Å². The maximum atomic E-state index is 12.3. The first kappa shape index (κ1) is 15.2. The van der Waals surface area contributed by atoms with E-state index in [1.54, 1.807) is 0 Å². The van der Waals surface area contributed by atoms with Crippen LogP contribution in [0, 0.1) is 0 Å². The second-order valence-electron chi connectivity index (χ2n) is 5.44. The summed E-state index contributed by atoms with van der Waals surface area (Å²) < 4.78 is 5.65. The Hall–Kier alpha value is -1.19. The zero-order chi connectivity index (χ0) is 14.4. The van der Waals surface area contributed by atoms with Gasteiger partial charge in [0.2, 0.25) is 0 Å².